The Bertz CT molecular complexity index is 351. The molecule has 1 unspecified atom stereocenters. The molecule has 1 nitrogen and oxygen atoms in total. The Balaban J connectivity index is 2.37. The number of benzene rings is 1. The van der Waals surface area contributed by atoms with Crippen LogP contribution < -0.4 is 5.32 Å². The van der Waals surface area contributed by atoms with Gasteiger partial charge >= 0.3 is 0 Å². The molecule has 0 fully saturated rings. The summed E-state index contributed by atoms with van der Waals surface area (Å²) >= 11 is 2.02. The van der Waals surface area contributed by atoms with Crippen LogP contribution in [0.25, 0.3) is 0 Å². The average molecular weight is 279 g/mol. The van der Waals surface area contributed by atoms with Crippen molar-refractivity contribution < 1.29 is 0 Å². The van der Waals surface area contributed by atoms with Crippen molar-refractivity contribution in [3.05, 3.63) is 35.4 Å². The van der Waals surface area contributed by atoms with E-state index < -0.39 is 0 Å². The van der Waals surface area contributed by atoms with Gasteiger partial charge in [-0.2, -0.15) is 11.8 Å². The van der Waals surface area contributed by atoms with Gasteiger partial charge in [-0.3, -0.25) is 0 Å². The summed E-state index contributed by atoms with van der Waals surface area (Å²) in [5.74, 6) is 2.48. The van der Waals surface area contributed by atoms with E-state index in [2.05, 4.69) is 64.2 Å². The zero-order chi connectivity index (χ0) is 14.3. The molecule has 0 aliphatic rings. The van der Waals surface area contributed by atoms with Crippen molar-refractivity contribution in [1.82, 2.24) is 5.32 Å². The molecule has 0 saturated heterocycles. The van der Waals surface area contributed by atoms with Crippen LogP contribution in [0.15, 0.2) is 24.3 Å². The number of hydrogen-bond donors (Lipinski definition) is 1. The molecule has 0 amide bonds. The molecule has 1 aromatic rings. The Morgan fingerprint density at radius 2 is 1.79 bits per heavy atom. The third-order valence-corrected chi connectivity index (χ3v) is 4.31. The Kier molecular flexibility index (Phi) is 6.95. The highest BCUT2D eigenvalue weighted by Gasteiger charge is 2.12. The normalized spacial score (nSPS) is 13.5. The minimum Gasteiger partial charge on any atom is -0.310 e. The van der Waals surface area contributed by atoms with Crippen LogP contribution in [0.5, 0.6) is 0 Å². The van der Waals surface area contributed by atoms with Crippen LogP contribution in [0, 0.1) is 0 Å². The summed E-state index contributed by atoms with van der Waals surface area (Å²) in [5, 5.41) is 3.60. The van der Waals surface area contributed by atoms with Crippen molar-refractivity contribution in [3.63, 3.8) is 0 Å². The van der Waals surface area contributed by atoms with Gasteiger partial charge in [0.1, 0.15) is 0 Å². The number of nitrogens with one attached hydrogen (secondary N) is 1. The monoisotopic (exact) mass is 279 g/mol. The summed E-state index contributed by atoms with van der Waals surface area (Å²) in [6.07, 6.45) is 1.25. The van der Waals surface area contributed by atoms with Gasteiger partial charge in [0.15, 0.2) is 0 Å². The molecule has 1 atom stereocenters. The fraction of sp³-hybridized carbons (Fsp3) is 0.647. The summed E-state index contributed by atoms with van der Waals surface area (Å²) in [4.78, 5) is 0. The Morgan fingerprint density at radius 3 is 2.32 bits per heavy atom. The first-order valence-electron chi connectivity index (χ1n) is 7.34. The molecule has 0 bridgehead atoms. The van der Waals surface area contributed by atoms with E-state index in [1.165, 1.54) is 29.1 Å². The molecule has 0 saturated carbocycles. The molecule has 0 aliphatic carbocycles. The molecule has 0 spiro atoms. The lowest BCUT2D eigenvalue weighted by Crippen LogP contribution is -2.26. The first kappa shape index (κ1) is 16.6. The van der Waals surface area contributed by atoms with Gasteiger partial charge in [0, 0.05) is 12.6 Å². The lowest BCUT2D eigenvalue weighted by molar-refractivity contribution is 0.536. The van der Waals surface area contributed by atoms with E-state index >= 15 is 0 Å². The van der Waals surface area contributed by atoms with Crippen LogP contribution in [-0.4, -0.2) is 17.5 Å². The summed E-state index contributed by atoms with van der Waals surface area (Å²) in [5.41, 5.74) is 3.03. The first-order chi connectivity index (χ1) is 8.93. The van der Waals surface area contributed by atoms with Gasteiger partial charge in [-0.25, -0.2) is 0 Å². The average Bonchev–Trinajstić information content (AvgIpc) is 2.36. The van der Waals surface area contributed by atoms with Crippen LogP contribution in [0.4, 0.5) is 0 Å². The van der Waals surface area contributed by atoms with Gasteiger partial charge in [-0.15, -0.1) is 0 Å². The minimum absolute atomic E-state index is 0.247. The van der Waals surface area contributed by atoms with Gasteiger partial charge in [0.2, 0.25) is 0 Å². The highest BCUT2D eigenvalue weighted by molar-refractivity contribution is 7.99. The zero-order valence-corrected chi connectivity index (χ0v) is 13.9. The molecule has 108 valence electrons. The van der Waals surface area contributed by atoms with Crippen molar-refractivity contribution in [1.29, 1.82) is 0 Å². The van der Waals surface area contributed by atoms with Crippen molar-refractivity contribution in [3.8, 4) is 0 Å². The Morgan fingerprint density at radius 1 is 1.16 bits per heavy atom. The van der Waals surface area contributed by atoms with E-state index in [1.807, 2.05) is 11.8 Å². The molecule has 0 aromatic heterocycles. The summed E-state index contributed by atoms with van der Waals surface area (Å²) < 4.78 is 0. The Labute approximate surface area is 123 Å². The maximum Gasteiger partial charge on any atom is 0.0207 e. The van der Waals surface area contributed by atoms with Gasteiger partial charge in [-0.1, -0.05) is 52.0 Å². The van der Waals surface area contributed by atoms with Crippen molar-refractivity contribution in [2.45, 2.75) is 59.0 Å². The molecule has 0 radical (unpaired) electrons. The van der Waals surface area contributed by atoms with E-state index in [-0.39, 0.29) is 5.41 Å². The second-order valence-electron chi connectivity index (χ2n) is 6.21. The molecule has 1 aromatic carbocycles. The quantitative estimate of drug-likeness (QED) is 0.732. The predicted molar refractivity (Wildman–Crippen MR) is 89.1 cm³/mol. The van der Waals surface area contributed by atoms with Crippen LogP contribution in [0.2, 0.25) is 0 Å². The molecule has 0 heterocycles. The topological polar surface area (TPSA) is 12.0 Å². The standard InChI is InChI=1S/C17H29NS/c1-6-19-12-11-14(2)18-13-15-7-9-16(10-8-15)17(3,4)5/h7-10,14,18H,6,11-13H2,1-5H3. The van der Waals surface area contributed by atoms with Crippen molar-refractivity contribution in [2.24, 2.45) is 0 Å². The van der Waals surface area contributed by atoms with Crippen LogP contribution in [-0.2, 0) is 12.0 Å². The van der Waals surface area contributed by atoms with Gasteiger partial charge in [0.25, 0.3) is 0 Å². The maximum absolute atomic E-state index is 3.60. The highest BCUT2D eigenvalue weighted by atomic mass is 32.2. The van der Waals surface area contributed by atoms with Gasteiger partial charge < -0.3 is 5.32 Å². The summed E-state index contributed by atoms with van der Waals surface area (Å²) in [6.45, 7) is 12.2. The van der Waals surface area contributed by atoms with Crippen molar-refractivity contribution in [2.75, 3.05) is 11.5 Å². The second kappa shape index (κ2) is 7.96. The molecular formula is C17H29NS. The minimum atomic E-state index is 0.247. The van der Waals surface area contributed by atoms with E-state index in [9.17, 15) is 0 Å². The fourth-order valence-corrected chi connectivity index (χ4v) is 2.73. The van der Waals surface area contributed by atoms with Crippen LogP contribution in [0.1, 0.15) is 52.2 Å². The smallest absolute Gasteiger partial charge is 0.0207 e. The maximum atomic E-state index is 3.60. The molecule has 0 aliphatic heterocycles. The largest absolute Gasteiger partial charge is 0.310 e. The lowest BCUT2D eigenvalue weighted by Gasteiger charge is -2.19. The molecule has 1 N–H and O–H groups in total. The Hall–Kier alpha value is -0.470. The fourth-order valence-electron chi connectivity index (χ4n) is 1.92. The van der Waals surface area contributed by atoms with E-state index in [0.717, 1.165) is 6.54 Å². The predicted octanol–water partition coefficient (Wildman–Crippen LogP) is 4.61. The summed E-state index contributed by atoms with van der Waals surface area (Å²) in [7, 11) is 0. The van der Waals surface area contributed by atoms with Gasteiger partial charge in [-0.05, 0) is 41.4 Å². The van der Waals surface area contributed by atoms with Crippen molar-refractivity contribution >= 4 is 11.8 Å². The molecule has 2 heteroatoms. The third-order valence-electron chi connectivity index (χ3n) is 3.37. The molecule has 1 rings (SSSR count). The number of rotatable bonds is 7. The first-order valence-corrected chi connectivity index (χ1v) is 8.49. The van der Waals surface area contributed by atoms with E-state index in [4.69, 9.17) is 0 Å². The third kappa shape index (κ3) is 6.49. The molecule has 19 heavy (non-hydrogen) atoms. The van der Waals surface area contributed by atoms with E-state index in [1.54, 1.807) is 0 Å². The SMILES string of the molecule is CCSCCC(C)NCc1ccc(C(C)(C)C)cc1. The zero-order valence-electron chi connectivity index (χ0n) is 13.1. The lowest BCUT2D eigenvalue weighted by atomic mass is 9.87. The van der Waals surface area contributed by atoms with Crippen LogP contribution >= 0.6 is 11.8 Å². The second-order valence-corrected chi connectivity index (χ2v) is 7.61. The summed E-state index contributed by atoms with van der Waals surface area (Å²) in [6, 6.07) is 9.62. The number of hydrogen-bond acceptors (Lipinski definition) is 2. The molecular weight excluding hydrogens is 250 g/mol. The van der Waals surface area contributed by atoms with Gasteiger partial charge in [0.05, 0.1) is 0 Å². The number of thioether (sulfide) groups is 1. The van der Waals surface area contributed by atoms with Crippen LogP contribution in [0.3, 0.4) is 0 Å². The highest BCUT2D eigenvalue weighted by Crippen LogP contribution is 2.22. The van der Waals surface area contributed by atoms with E-state index in [0.29, 0.717) is 6.04 Å².